The van der Waals surface area contributed by atoms with E-state index in [0.29, 0.717) is 17.7 Å². The molecule has 5 heteroatoms. The van der Waals surface area contributed by atoms with Gasteiger partial charge in [-0.1, -0.05) is 27.7 Å². The quantitative estimate of drug-likeness (QED) is 0.559. The molecule has 1 heterocycles. The Labute approximate surface area is 116 Å². The molecule has 0 saturated carbocycles. The van der Waals surface area contributed by atoms with Crippen LogP contribution in [0.4, 0.5) is 11.6 Å². The molecule has 0 radical (unpaired) electrons. The van der Waals surface area contributed by atoms with Crippen LogP contribution in [0.25, 0.3) is 0 Å². The fourth-order valence-electron chi connectivity index (χ4n) is 1.75. The first-order valence-electron chi connectivity index (χ1n) is 7.06. The third-order valence-corrected chi connectivity index (χ3v) is 3.05. The summed E-state index contributed by atoms with van der Waals surface area (Å²) in [7, 11) is 0. The number of aromatic nitrogens is 2. The minimum Gasteiger partial charge on any atom is -0.355 e. The van der Waals surface area contributed by atoms with Gasteiger partial charge in [0.15, 0.2) is 5.82 Å². The third kappa shape index (κ3) is 5.87. The summed E-state index contributed by atoms with van der Waals surface area (Å²) >= 11 is 0. The number of rotatable bonds is 8. The summed E-state index contributed by atoms with van der Waals surface area (Å²) in [5.74, 6) is 8.27. The van der Waals surface area contributed by atoms with Gasteiger partial charge in [0, 0.05) is 13.1 Å². The first kappa shape index (κ1) is 15.7. The maximum absolute atomic E-state index is 5.39. The van der Waals surface area contributed by atoms with Crippen LogP contribution >= 0.6 is 0 Å². The predicted molar refractivity (Wildman–Crippen MR) is 81.0 cm³/mol. The molecule has 108 valence electrons. The number of hydrazine groups is 1. The number of nitrogens with two attached hydrogens (primary N) is 1. The van der Waals surface area contributed by atoms with Crippen LogP contribution in [0.3, 0.4) is 0 Å². The van der Waals surface area contributed by atoms with E-state index < -0.39 is 0 Å². The second-order valence-corrected chi connectivity index (χ2v) is 5.76. The summed E-state index contributed by atoms with van der Waals surface area (Å²) in [4.78, 5) is 11.0. The molecule has 1 aromatic heterocycles. The predicted octanol–water partition coefficient (Wildman–Crippen LogP) is 2.66. The van der Waals surface area contributed by atoms with Gasteiger partial charge < -0.3 is 10.3 Å². The van der Waals surface area contributed by atoms with Gasteiger partial charge in [-0.15, -0.1) is 0 Å². The SMILES string of the molecule is CC(C)CCN(CCC(C)C)c1cncc(NN)n1. The van der Waals surface area contributed by atoms with Crippen molar-refractivity contribution in [3.63, 3.8) is 0 Å². The van der Waals surface area contributed by atoms with Gasteiger partial charge in [0.1, 0.15) is 5.82 Å². The van der Waals surface area contributed by atoms with Crippen LogP contribution in [0.2, 0.25) is 0 Å². The highest BCUT2D eigenvalue weighted by Crippen LogP contribution is 2.15. The monoisotopic (exact) mass is 265 g/mol. The zero-order valence-electron chi connectivity index (χ0n) is 12.6. The minimum absolute atomic E-state index is 0.608. The highest BCUT2D eigenvalue weighted by Gasteiger charge is 2.10. The van der Waals surface area contributed by atoms with Gasteiger partial charge in [-0.2, -0.15) is 0 Å². The first-order valence-corrected chi connectivity index (χ1v) is 7.06. The molecule has 0 amide bonds. The molecule has 5 nitrogen and oxygen atoms in total. The van der Waals surface area contributed by atoms with E-state index in [1.54, 1.807) is 6.20 Å². The topological polar surface area (TPSA) is 67.1 Å². The van der Waals surface area contributed by atoms with Crippen LogP contribution in [0.1, 0.15) is 40.5 Å². The summed E-state index contributed by atoms with van der Waals surface area (Å²) in [5, 5.41) is 0. The Morgan fingerprint density at radius 3 is 2.16 bits per heavy atom. The smallest absolute Gasteiger partial charge is 0.160 e. The lowest BCUT2D eigenvalue weighted by atomic mass is 10.1. The van der Waals surface area contributed by atoms with Gasteiger partial charge in [-0.25, -0.2) is 10.8 Å². The lowest BCUT2D eigenvalue weighted by Gasteiger charge is -2.25. The number of hydrogen-bond donors (Lipinski definition) is 2. The van der Waals surface area contributed by atoms with Crippen LogP contribution in [0.15, 0.2) is 12.4 Å². The fourth-order valence-corrected chi connectivity index (χ4v) is 1.75. The van der Waals surface area contributed by atoms with E-state index in [2.05, 4.69) is 48.0 Å². The fraction of sp³-hybridized carbons (Fsp3) is 0.714. The van der Waals surface area contributed by atoms with E-state index >= 15 is 0 Å². The number of nitrogen functional groups attached to an aromatic ring is 1. The Hall–Kier alpha value is -1.36. The van der Waals surface area contributed by atoms with Crippen LogP contribution in [0, 0.1) is 11.8 Å². The lowest BCUT2D eigenvalue weighted by molar-refractivity contribution is 0.532. The molecule has 0 aromatic carbocycles. The molecule has 0 aliphatic heterocycles. The summed E-state index contributed by atoms with van der Waals surface area (Å²) in [6, 6.07) is 0. The molecule has 0 fully saturated rings. The molecule has 3 N–H and O–H groups in total. The molecule has 1 aromatic rings. The average molecular weight is 265 g/mol. The summed E-state index contributed by atoms with van der Waals surface area (Å²) in [5.41, 5.74) is 2.55. The van der Waals surface area contributed by atoms with E-state index in [1.165, 1.54) is 0 Å². The van der Waals surface area contributed by atoms with Crippen LogP contribution in [0.5, 0.6) is 0 Å². The molecule has 19 heavy (non-hydrogen) atoms. The molecule has 0 atom stereocenters. The van der Waals surface area contributed by atoms with E-state index in [-0.39, 0.29) is 0 Å². The number of hydrogen-bond acceptors (Lipinski definition) is 5. The molecular formula is C14H27N5. The second kappa shape index (κ2) is 7.94. The van der Waals surface area contributed by atoms with Crippen molar-refractivity contribution < 1.29 is 0 Å². The largest absolute Gasteiger partial charge is 0.355 e. The van der Waals surface area contributed by atoms with E-state index in [9.17, 15) is 0 Å². The maximum atomic E-state index is 5.39. The molecule has 0 unspecified atom stereocenters. The number of anilines is 2. The molecular weight excluding hydrogens is 238 g/mol. The minimum atomic E-state index is 0.608. The first-order chi connectivity index (χ1) is 9.02. The highest BCUT2D eigenvalue weighted by atomic mass is 15.3. The van der Waals surface area contributed by atoms with Gasteiger partial charge in [0.25, 0.3) is 0 Å². The van der Waals surface area contributed by atoms with Gasteiger partial charge in [-0.05, 0) is 24.7 Å². The molecule has 0 saturated heterocycles. The van der Waals surface area contributed by atoms with Crippen molar-refractivity contribution in [2.24, 2.45) is 17.7 Å². The van der Waals surface area contributed by atoms with Crippen LogP contribution in [-0.2, 0) is 0 Å². The van der Waals surface area contributed by atoms with Crippen molar-refractivity contribution in [2.45, 2.75) is 40.5 Å². The Balaban J connectivity index is 2.74. The zero-order chi connectivity index (χ0) is 14.3. The van der Waals surface area contributed by atoms with Crippen molar-refractivity contribution in [1.82, 2.24) is 9.97 Å². The van der Waals surface area contributed by atoms with E-state index in [1.807, 2.05) is 6.20 Å². The summed E-state index contributed by atoms with van der Waals surface area (Å²) in [6.45, 7) is 11.0. The summed E-state index contributed by atoms with van der Waals surface area (Å²) < 4.78 is 0. The average Bonchev–Trinajstić information content (AvgIpc) is 2.38. The van der Waals surface area contributed by atoms with Gasteiger partial charge in [0.05, 0.1) is 12.4 Å². The van der Waals surface area contributed by atoms with Crippen LogP contribution in [-0.4, -0.2) is 23.1 Å². The lowest BCUT2D eigenvalue weighted by Crippen LogP contribution is -2.28. The Kier molecular flexibility index (Phi) is 6.56. The maximum Gasteiger partial charge on any atom is 0.160 e. The number of nitrogens with zero attached hydrogens (tertiary/aromatic N) is 3. The highest BCUT2D eigenvalue weighted by molar-refractivity contribution is 5.43. The standard InChI is InChI=1S/C14H27N5/c1-11(2)5-7-19(8-6-12(3)4)14-10-16-9-13(17-14)18-15/h9-12H,5-8,15H2,1-4H3,(H,17,18). The number of nitrogens with one attached hydrogen (secondary N) is 1. The molecule has 0 spiro atoms. The zero-order valence-corrected chi connectivity index (χ0v) is 12.6. The van der Waals surface area contributed by atoms with Crippen LogP contribution < -0.4 is 16.2 Å². The van der Waals surface area contributed by atoms with Crippen molar-refractivity contribution in [1.29, 1.82) is 0 Å². The van der Waals surface area contributed by atoms with E-state index in [4.69, 9.17) is 5.84 Å². The van der Waals surface area contributed by atoms with E-state index in [0.717, 1.165) is 31.7 Å². The molecule has 0 aliphatic rings. The Morgan fingerprint density at radius 1 is 1.11 bits per heavy atom. The van der Waals surface area contributed by atoms with Gasteiger partial charge in [-0.3, -0.25) is 4.98 Å². The summed E-state index contributed by atoms with van der Waals surface area (Å²) in [6.07, 6.45) is 5.74. The van der Waals surface area contributed by atoms with Gasteiger partial charge >= 0.3 is 0 Å². The Morgan fingerprint density at radius 2 is 1.68 bits per heavy atom. The van der Waals surface area contributed by atoms with Gasteiger partial charge in [0.2, 0.25) is 0 Å². The third-order valence-electron chi connectivity index (χ3n) is 3.05. The van der Waals surface area contributed by atoms with Crippen molar-refractivity contribution in [3.8, 4) is 0 Å². The normalized spacial score (nSPS) is 11.1. The molecule has 0 bridgehead atoms. The molecule has 1 rings (SSSR count). The van der Waals surface area contributed by atoms with Crippen molar-refractivity contribution in [2.75, 3.05) is 23.4 Å². The molecule has 0 aliphatic carbocycles. The van der Waals surface area contributed by atoms with Crippen molar-refractivity contribution >= 4 is 11.6 Å². The Bertz CT molecular complexity index is 353. The second-order valence-electron chi connectivity index (χ2n) is 5.76. The van der Waals surface area contributed by atoms with Crippen molar-refractivity contribution in [3.05, 3.63) is 12.4 Å².